The number of hydrogen-bond acceptors (Lipinski definition) is 6. The Hall–Kier alpha value is -1.96. The minimum atomic E-state index is -0.848. The van der Waals surface area contributed by atoms with Gasteiger partial charge in [-0.2, -0.15) is 5.06 Å². The van der Waals surface area contributed by atoms with Crippen LogP contribution in [0.3, 0.4) is 0 Å². The van der Waals surface area contributed by atoms with Crippen molar-refractivity contribution in [3.8, 4) is 0 Å². The zero-order valence-electron chi connectivity index (χ0n) is 13.7. The molecule has 1 aromatic carbocycles. The Labute approximate surface area is 139 Å². The second-order valence-corrected chi connectivity index (χ2v) is 6.29. The molecule has 0 N–H and O–H groups in total. The first-order valence-corrected chi connectivity index (χ1v) is 7.83. The van der Waals surface area contributed by atoms with Crippen molar-refractivity contribution in [3.05, 3.63) is 46.3 Å². The Morgan fingerprint density at radius 2 is 2.08 bits per heavy atom. The van der Waals surface area contributed by atoms with Gasteiger partial charge in [0, 0.05) is 4.91 Å². The molecule has 0 bridgehead atoms. The Morgan fingerprint density at radius 1 is 1.33 bits per heavy atom. The minimum Gasteiger partial charge on any atom is -0.348 e. The average Bonchev–Trinajstić information content (AvgIpc) is 2.91. The monoisotopic (exact) mass is 332 g/mol. The summed E-state index contributed by atoms with van der Waals surface area (Å²) in [6, 6.07) is 8.17. The van der Waals surface area contributed by atoms with E-state index < -0.39 is 24.0 Å². The van der Waals surface area contributed by atoms with Gasteiger partial charge in [0.05, 0.1) is 19.8 Å². The van der Waals surface area contributed by atoms with E-state index in [0.717, 1.165) is 5.56 Å². The van der Waals surface area contributed by atoms with Gasteiger partial charge in [0.2, 0.25) is 0 Å². The molecule has 0 amide bonds. The Kier molecular flexibility index (Phi) is 4.84. The van der Waals surface area contributed by atoms with Crippen LogP contribution in [0, 0.1) is 0 Å². The number of hydroxylamine groups is 2. The van der Waals surface area contributed by atoms with Gasteiger partial charge >= 0.3 is 0 Å². The molecule has 1 aromatic rings. The first-order chi connectivity index (χ1) is 11.5. The molecule has 2 saturated heterocycles. The zero-order chi connectivity index (χ0) is 17.2. The quantitative estimate of drug-likeness (QED) is 0.478. The summed E-state index contributed by atoms with van der Waals surface area (Å²) in [7, 11) is 0. The van der Waals surface area contributed by atoms with Crippen molar-refractivity contribution in [3.63, 3.8) is 0 Å². The second kappa shape index (κ2) is 6.88. The van der Waals surface area contributed by atoms with Crippen LogP contribution in [-0.2, 0) is 25.7 Å². The van der Waals surface area contributed by atoms with Crippen LogP contribution in [0.15, 0.2) is 35.4 Å². The first kappa shape index (κ1) is 16.9. The van der Waals surface area contributed by atoms with E-state index in [0.29, 0.717) is 6.54 Å². The van der Waals surface area contributed by atoms with E-state index in [1.807, 2.05) is 30.3 Å². The molecular weight excluding hydrogens is 312 g/mol. The predicted molar refractivity (Wildman–Crippen MR) is 84.6 cm³/mol. The summed E-state index contributed by atoms with van der Waals surface area (Å²) in [6.45, 7) is 4.34. The maximum atomic E-state index is 12.8. The third-order valence-corrected chi connectivity index (χ3v) is 4.08. The number of nitrogens with zero attached hydrogens (tertiary/aromatic N) is 4. The molecule has 0 spiro atoms. The summed E-state index contributed by atoms with van der Waals surface area (Å²) in [4.78, 5) is 21.3. The lowest BCUT2D eigenvalue weighted by atomic mass is 9.99. The standard InChI is InChI=1S/C16H20N4O4/c1-16(2)22-10-13(24-16)14-15(21)12(18-19-17)9-23-20(14)8-11-6-4-3-5-7-11/h3-7,12-14H,8-10H2,1-2H3/t12-,13+,14+/m0/s1. The highest BCUT2D eigenvalue weighted by Crippen LogP contribution is 2.30. The highest BCUT2D eigenvalue weighted by atomic mass is 16.7. The van der Waals surface area contributed by atoms with Gasteiger partial charge in [0.1, 0.15) is 18.2 Å². The number of ether oxygens (including phenoxy) is 2. The molecule has 128 valence electrons. The number of Topliss-reactive ketones (excluding diaryl/α,β-unsaturated/α-hetero) is 1. The van der Waals surface area contributed by atoms with E-state index in [4.69, 9.17) is 19.8 Å². The van der Waals surface area contributed by atoms with Crippen molar-refractivity contribution in [2.24, 2.45) is 5.11 Å². The summed E-state index contributed by atoms with van der Waals surface area (Å²) < 4.78 is 11.4. The van der Waals surface area contributed by atoms with E-state index in [1.54, 1.807) is 18.9 Å². The molecule has 0 unspecified atom stereocenters. The van der Waals surface area contributed by atoms with Crippen molar-refractivity contribution in [2.45, 2.75) is 44.4 Å². The second-order valence-electron chi connectivity index (χ2n) is 6.29. The van der Waals surface area contributed by atoms with Crippen LogP contribution in [0.2, 0.25) is 0 Å². The molecule has 24 heavy (non-hydrogen) atoms. The molecule has 0 radical (unpaired) electrons. The lowest BCUT2D eigenvalue weighted by Crippen LogP contribution is -2.58. The van der Waals surface area contributed by atoms with E-state index in [-0.39, 0.29) is 19.0 Å². The summed E-state index contributed by atoms with van der Waals surface area (Å²) in [5.74, 6) is -0.962. The fourth-order valence-corrected chi connectivity index (χ4v) is 2.97. The Bertz CT molecular complexity index is 645. The van der Waals surface area contributed by atoms with Gasteiger partial charge in [-0.3, -0.25) is 9.63 Å². The van der Waals surface area contributed by atoms with Crippen LogP contribution in [0.25, 0.3) is 10.4 Å². The van der Waals surface area contributed by atoms with Crippen molar-refractivity contribution in [1.82, 2.24) is 5.06 Å². The van der Waals surface area contributed by atoms with Crippen molar-refractivity contribution in [1.29, 1.82) is 0 Å². The number of carbonyl (C=O) groups excluding carboxylic acids is 1. The van der Waals surface area contributed by atoms with Gasteiger partial charge in [0.25, 0.3) is 0 Å². The fraction of sp³-hybridized carbons (Fsp3) is 0.562. The molecule has 8 nitrogen and oxygen atoms in total. The molecular formula is C16H20N4O4. The van der Waals surface area contributed by atoms with E-state index in [2.05, 4.69) is 10.0 Å². The summed E-state index contributed by atoms with van der Waals surface area (Å²) in [6.07, 6.45) is -0.479. The third kappa shape index (κ3) is 3.58. The lowest BCUT2D eigenvalue weighted by molar-refractivity contribution is -0.238. The number of azide groups is 1. The number of carbonyl (C=O) groups is 1. The van der Waals surface area contributed by atoms with Gasteiger partial charge in [-0.25, -0.2) is 0 Å². The van der Waals surface area contributed by atoms with Crippen LogP contribution < -0.4 is 0 Å². The van der Waals surface area contributed by atoms with Gasteiger partial charge in [0.15, 0.2) is 11.6 Å². The van der Waals surface area contributed by atoms with Gasteiger partial charge in [-0.15, -0.1) is 0 Å². The molecule has 0 aromatic heterocycles. The lowest BCUT2D eigenvalue weighted by Gasteiger charge is -2.38. The fourth-order valence-electron chi connectivity index (χ4n) is 2.97. The van der Waals surface area contributed by atoms with Crippen LogP contribution in [0.4, 0.5) is 0 Å². The van der Waals surface area contributed by atoms with Crippen LogP contribution in [0.5, 0.6) is 0 Å². The highest BCUT2D eigenvalue weighted by molar-refractivity contribution is 5.90. The van der Waals surface area contributed by atoms with Gasteiger partial charge in [-0.05, 0) is 24.9 Å². The number of hydrogen-bond donors (Lipinski definition) is 0. The Balaban J connectivity index is 1.83. The molecule has 2 aliphatic rings. The van der Waals surface area contributed by atoms with Crippen molar-refractivity contribution < 1.29 is 19.1 Å². The number of ketones is 1. The maximum absolute atomic E-state index is 12.8. The zero-order valence-corrected chi connectivity index (χ0v) is 13.7. The van der Waals surface area contributed by atoms with E-state index in [9.17, 15) is 4.79 Å². The Morgan fingerprint density at radius 3 is 2.71 bits per heavy atom. The molecule has 2 heterocycles. The maximum Gasteiger partial charge on any atom is 0.166 e. The van der Waals surface area contributed by atoms with Gasteiger partial charge in [-0.1, -0.05) is 35.4 Å². The summed E-state index contributed by atoms with van der Waals surface area (Å²) >= 11 is 0. The highest BCUT2D eigenvalue weighted by Gasteiger charge is 2.47. The summed E-state index contributed by atoms with van der Waals surface area (Å²) in [5, 5.41) is 5.15. The topological polar surface area (TPSA) is 96.8 Å². The molecule has 8 heteroatoms. The predicted octanol–water partition coefficient (Wildman–Crippen LogP) is 2.20. The SMILES string of the molecule is CC1(C)OC[C@H]([C@@H]2C(=O)[C@@H](N=[N+]=[N-])CON2Cc2ccccc2)O1. The largest absolute Gasteiger partial charge is 0.348 e. The van der Waals surface area contributed by atoms with Crippen molar-refractivity contribution >= 4 is 5.78 Å². The average molecular weight is 332 g/mol. The van der Waals surface area contributed by atoms with Gasteiger partial charge < -0.3 is 9.47 Å². The smallest absolute Gasteiger partial charge is 0.166 e. The van der Waals surface area contributed by atoms with E-state index >= 15 is 0 Å². The summed E-state index contributed by atoms with van der Waals surface area (Å²) in [5.41, 5.74) is 9.66. The molecule has 2 fully saturated rings. The number of benzene rings is 1. The first-order valence-electron chi connectivity index (χ1n) is 7.83. The van der Waals surface area contributed by atoms with Crippen LogP contribution in [-0.4, -0.2) is 48.0 Å². The van der Waals surface area contributed by atoms with Crippen molar-refractivity contribution in [2.75, 3.05) is 13.2 Å². The van der Waals surface area contributed by atoms with Crippen LogP contribution >= 0.6 is 0 Å². The minimum absolute atomic E-state index is 0.0309. The van der Waals surface area contributed by atoms with Crippen LogP contribution in [0.1, 0.15) is 19.4 Å². The molecule has 3 rings (SSSR count). The number of rotatable bonds is 4. The third-order valence-electron chi connectivity index (χ3n) is 4.08. The molecule has 0 aliphatic carbocycles. The molecule has 3 atom stereocenters. The molecule has 0 saturated carbocycles. The van der Waals surface area contributed by atoms with E-state index in [1.165, 1.54) is 0 Å². The normalized spacial score (nSPS) is 30.1. The molecule has 2 aliphatic heterocycles.